The molecule has 0 aliphatic carbocycles. The Morgan fingerprint density at radius 3 is 2.75 bits per heavy atom. The van der Waals surface area contributed by atoms with Gasteiger partial charge in [0.15, 0.2) is 5.82 Å². The predicted molar refractivity (Wildman–Crippen MR) is 110 cm³/mol. The first-order valence-corrected chi connectivity index (χ1v) is 9.00. The molecule has 8 heteroatoms. The summed E-state index contributed by atoms with van der Waals surface area (Å²) >= 11 is 0. The van der Waals surface area contributed by atoms with Crippen molar-refractivity contribution in [2.24, 2.45) is 0 Å². The van der Waals surface area contributed by atoms with Crippen LogP contribution in [0.5, 0.6) is 0 Å². The number of aromatic nitrogens is 6. The molecule has 4 aromatic heterocycles. The molecule has 0 radical (unpaired) electrons. The summed E-state index contributed by atoms with van der Waals surface area (Å²) in [7, 11) is 0. The molecular formula is C20H18N8. The maximum atomic E-state index is 6.24. The number of fused-ring (bicyclic) bond motifs is 3. The Hall–Kier alpha value is -3.94. The van der Waals surface area contributed by atoms with E-state index in [1.165, 1.54) is 0 Å². The molecule has 5 aromatic rings. The van der Waals surface area contributed by atoms with Crippen molar-refractivity contribution in [1.82, 2.24) is 29.9 Å². The van der Waals surface area contributed by atoms with Crippen LogP contribution in [0.2, 0.25) is 0 Å². The largest absolute Gasteiger partial charge is 0.382 e. The fraction of sp³-hybridized carbons (Fsp3) is 0.100. The van der Waals surface area contributed by atoms with Crippen molar-refractivity contribution in [3.05, 3.63) is 60.9 Å². The topological polar surface area (TPSA) is 110 Å². The summed E-state index contributed by atoms with van der Waals surface area (Å²) in [5.41, 5.74) is 9.61. The van der Waals surface area contributed by atoms with Gasteiger partial charge in [0.2, 0.25) is 0 Å². The Labute approximate surface area is 160 Å². The lowest BCUT2D eigenvalue weighted by Crippen LogP contribution is -2.13. The van der Waals surface area contributed by atoms with Crippen LogP contribution in [-0.2, 0) is 6.54 Å². The number of nitrogens with two attached hydrogens (primary N) is 1. The summed E-state index contributed by atoms with van der Waals surface area (Å²) in [5.74, 6) is 1.25. The van der Waals surface area contributed by atoms with E-state index < -0.39 is 0 Å². The van der Waals surface area contributed by atoms with Crippen LogP contribution in [0.25, 0.3) is 33.2 Å². The molecule has 0 aliphatic heterocycles. The fourth-order valence-electron chi connectivity index (χ4n) is 3.44. The zero-order chi connectivity index (χ0) is 18.9. The SMILES string of the molecule is Nc1nc2ccccc2c2c(-c3ccn[nH]3)n(CCNc3ccccn3)nc12. The third-order valence-corrected chi connectivity index (χ3v) is 4.66. The second-order valence-corrected chi connectivity index (χ2v) is 6.42. The van der Waals surface area contributed by atoms with Gasteiger partial charge in [-0.25, -0.2) is 9.97 Å². The average Bonchev–Trinajstić information content (AvgIpc) is 3.37. The molecule has 0 bridgehead atoms. The van der Waals surface area contributed by atoms with Gasteiger partial charge in [0, 0.05) is 29.7 Å². The predicted octanol–water partition coefficient (Wildman–Crippen LogP) is 3.06. The number of benzene rings is 1. The Balaban J connectivity index is 1.63. The number of aromatic amines is 1. The first-order valence-electron chi connectivity index (χ1n) is 9.00. The second-order valence-electron chi connectivity index (χ2n) is 6.42. The molecule has 5 rings (SSSR count). The van der Waals surface area contributed by atoms with Gasteiger partial charge in [-0.05, 0) is 24.3 Å². The standard InChI is InChI=1S/C20H18N8/c21-20-18-17(13-5-1-2-6-14(13)25-20)19(15-8-10-24-26-15)28(27-18)12-11-23-16-7-3-4-9-22-16/h1-10H,11-12H2,(H2,21,25)(H,22,23)(H,24,26). The van der Waals surface area contributed by atoms with Crippen LogP contribution in [0, 0.1) is 0 Å². The van der Waals surface area contributed by atoms with Crippen molar-refractivity contribution in [3.63, 3.8) is 0 Å². The lowest BCUT2D eigenvalue weighted by atomic mass is 10.1. The number of anilines is 2. The summed E-state index contributed by atoms with van der Waals surface area (Å²) in [4.78, 5) is 8.81. The number of nitrogens with zero attached hydrogens (tertiary/aromatic N) is 5. The number of H-pyrrole nitrogens is 1. The van der Waals surface area contributed by atoms with Crippen LogP contribution in [-0.4, -0.2) is 36.5 Å². The molecule has 1 aromatic carbocycles. The van der Waals surface area contributed by atoms with Crippen molar-refractivity contribution < 1.29 is 0 Å². The Kier molecular flexibility index (Phi) is 3.86. The number of hydrogen-bond donors (Lipinski definition) is 3. The first-order chi connectivity index (χ1) is 13.8. The molecule has 28 heavy (non-hydrogen) atoms. The van der Waals surface area contributed by atoms with Gasteiger partial charge in [0.1, 0.15) is 11.3 Å². The van der Waals surface area contributed by atoms with E-state index in [9.17, 15) is 0 Å². The van der Waals surface area contributed by atoms with Gasteiger partial charge in [-0.3, -0.25) is 9.78 Å². The van der Waals surface area contributed by atoms with E-state index in [2.05, 4.69) is 25.5 Å². The number of nitrogens with one attached hydrogen (secondary N) is 2. The minimum absolute atomic E-state index is 0.422. The lowest BCUT2D eigenvalue weighted by molar-refractivity contribution is 0.649. The highest BCUT2D eigenvalue weighted by molar-refractivity contribution is 6.14. The molecule has 8 nitrogen and oxygen atoms in total. The van der Waals surface area contributed by atoms with E-state index in [0.717, 1.165) is 33.5 Å². The zero-order valence-electron chi connectivity index (χ0n) is 15.0. The Bertz CT molecular complexity index is 1240. The van der Waals surface area contributed by atoms with Crippen molar-refractivity contribution in [1.29, 1.82) is 0 Å². The molecule has 4 N–H and O–H groups in total. The van der Waals surface area contributed by atoms with E-state index in [4.69, 9.17) is 10.8 Å². The van der Waals surface area contributed by atoms with Crippen LogP contribution in [0.3, 0.4) is 0 Å². The van der Waals surface area contributed by atoms with Crippen LogP contribution in [0.4, 0.5) is 11.6 Å². The van der Waals surface area contributed by atoms with Gasteiger partial charge in [0.25, 0.3) is 0 Å². The molecule has 138 valence electrons. The fourth-order valence-corrected chi connectivity index (χ4v) is 3.44. The normalized spacial score (nSPS) is 11.3. The van der Waals surface area contributed by atoms with Crippen molar-refractivity contribution >= 4 is 33.4 Å². The first kappa shape index (κ1) is 16.2. The second kappa shape index (κ2) is 6.66. The van der Waals surface area contributed by atoms with E-state index in [1.807, 2.05) is 53.2 Å². The monoisotopic (exact) mass is 370 g/mol. The number of nitrogen functional groups attached to an aromatic ring is 1. The minimum atomic E-state index is 0.422. The Morgan fingerprint density at radius 2 is 1.93 bits per heavy atom. The van der Waals surface area contributed by atoms with Gasteiger partial charge >= 0.3 is 0 Å². The van der Waals surface area contributed by atoms with E-state index >= 15 is 0 Å². The van der Waals surface area contributed by atoms with Crippen molar-refractivity contribution in [2.75, 3.05) is 17.6 Å². The van der Waals surface area contributed by atoms with Gasteiger partial charge in [-0.1, -0.05) is 24.3 Å². The van der Waals surface area contributed by atoms with E-state index in [-0.39, 0.29) is 0 Å². The average molecular weight is 370 g/mol. The molecule has 0 saturated carbocycles. The van der Waals surface area contributed by atoms with Crippen molar-refractivity contribution in [3.8, 4) is 11.4 Å². The number of para-hydroxylation sites is 1. The molecule has 0 saturated heterocycles. The summed E-state index contributed by atoms with van der Waals surface area (Å²) in [6, 6.07) is 15.7. The lowest BCUT2D eigenvalue weighted by Gasteiger charge is -2.09. The number of hydrogen-bond acceptors (Lipinski definition) is 6. The van der Waals surface area contributed by atoms with Crippen LogP contribution < -0.4 is 11.1 Å². The summed E-state index contributed by atoms with van der Waals surface area (Å²) in [6.45, 7) is 1.30. The highest BCUT2D eigenvalue weighted by atomic mass is 15.3. The molecule has 0 atom stereocenters. The van der Waals surface area contributed by atoms with Gasteiger partial charge < -0.3 is 11.1 Å². The third kappa shape index (κ3) is 2.71. The van der Waals surface area contributed by atoms with Gasteiger partial charge in [-0.15, -0.1) is 0 Å². The smallest absolute Gasteiger partial charge is 0.152 e. The number of pyridine rings is 2. The molecular weight excluding hydrogens is 352 g/mol. The van der Waals surface area contributed by atoms with E-state index in [1.54, 1.807) is 12.4 Å². The summed E-state index contributed by atoms with van der Waals surface area (Å²) in [5, 5.41) is 17.3. The molecule has 0 fully saturated rings. The maximum Gasteiger partial charge on any atom is 0.152 e. The van der Waals surface area contributed by atoms with E-state index in [0.29, 0.717) is 24.4 Å². The van der Waals surface area contributed by atoms with Crippen LogP contribution in [0.15, 0.2) is 60.9 Å². The Morgan fingerprint density at radius 1 is 1.04 bits per heavy atom. The molecule has 4 heterocycles. The quantitative estimate of drug-likeness (QED) is 0.438. The number of rotatable bonds is 5. The van der Waals surface area contributed by atoms with Gasteiger partial charge in [0.05, 0.1) is 23.4 Å². The third-order valence-electron chi connectivity index (χ3n) is 4.66. The van der Waals surface area contributed by atoms with Crippen LogP contribution in [0.1, 0.15) is 0 Å². The van der Waals surface area contributed by atoms with Crippen molar-refractivity contribution in [2.45, 2.75) is 6.54 Å². The minimum Gasteiger partial charge on any atom is -0.382 e. The molecule has 0 amide bonds. The summed E-state index contributed by atoms with van der Waals surface area (Å²) < 4.78 is 1.94. The highest BCUT2D eigenvalue weighted by Crippen LogP contribution is 2.35. The zero-order valence-corrected chi connectivity index (χ0v) is 15.0. The maximum absolute atomic E-state index is 6.24. The van der Waals surface area contributed by atoms with Crippen LogP contribution >= 0.6 is 0 Å². The molecule has 0 aliphatic rings. The summed E-state index contributed by atoms with van der Waals surface area (Å²) in [6.07, 6.45) is 3.50. The highest BCUT2D eigenvalue weighted by Gasteiger charge is 2.19. The molecule has 0 unspecified atom stereocenters. The van der Waals surface area contributed by atoms with Gasteiger partial charge in [-0.2, -0.15) is 10.2 Å². The molecule has 0 spiro atoms.